The zero-order valence-corrected chi connectivity index (χ0v) is 15.2. The van der Waals surface area contributed by atoms with E-state index in [1.807, 2.05) is 37.3 Å². The summed E-state index contributed by atoms with van der Waals surface area (Å²) in [4.78, 5) is 0.0903. The van der Waals surface area contributed by atoms with E-state index in [1.54, 1.807) is 19.1 Å². The summed E-state index contributed by atoms with van der Waals surface area (Å²) in [6, 6.07) is 16.1. The highest BCUT2D eigenvalue weighted by Gasteiger charge is 2.18. The summed E-state index contributed by atoms with van der Waals surface area (Å²) >= 11 is 0. The van der Waals surface area contributed by atoms with Crippen molar-refractivity contribution in [2.24, 2.45) is 4.40 Å². The molecule has 0 aliphatic rings. The molecule has 134 valence electrons. The van der Waals surface area contributed by atoms with Gasteiger partial charge in [-0.05, 0) is 31.5 Å². The Labute approximate surface area is 152 Å². The molecule has 0 saturated carbocycles. The molecule has 3 rings (SSSR count). The monoisotopic (exact) mass is 370 g/mol. The molecule has 0 fully saturated rings. The van der Waals surface area contributed by atoms with Crippen molar-refractivity contribution < 1.29 is 17.7 Å². The van der Waals surface area contributed by atoms with Crippen LogP contribution in [0.5, 0.6) is 0 Å². The molecule has 0 spiro atoms. The van der Waals surface area contributed by atoms with Gasteiger partial charge in [-0.1, -0.05) is 47.6 Å². The van der Waals surface area contributed by atoms with Gasteiger partial charge >= 0.3 is 0 Å². The fourth-order valence-electron chi connectivity index (χ4n) is 2.52. The molecule has 6 nitrogen and oxygen atoms in total. The van der Waals surface area contributed by atoms with Gasteiger partial charge in [0.05, 0.1) is 17.1 Å². The Morgan fingerprint density at radius 3 is 2.42 bits per heavy atom. The van der Waals surface area contributed by atoms with Gasteiger partial charge < -0.3 is 9.26 Å². The van der Waals surface area contributed by atoms with E-state index >= 15 is 0 Å². The minimum absolute atomic E-state index is 0.0903. The maximum Gasteiger partial charge on any atom is 0.285 e. The van der Waals surface area contributed by atoms with E-state index < -0.39 is 10.0 Å². The number of aryl methyl sites for hydroxylation is 1. The van der Waals surface area contributed by atoms with E-state index in [4.69, 9.17) is 9.26 Å². The number of hydrogen-bond acceptors (Lipinski definition) is 5. The Kier molecular flexibility index (Phi) is 5.18. The van der Waals surface area contributed by atoms with Crippen LogP contribution in [0, 0.1) is 6.92 Å². The molecule has 0 atom stereocenters. The first-order valence-electron chi connectivity index (χ1n) is 8.05. The summed E-state index contributed by atoms with van der Waals surface area (Å²) in [6.45, 7) is 3.93. The molecule has 3 aromatic rings. The maximum absolute atomic E-state index is 12.2. The smallest absolute Gasteiger partial charge is 0.285 e. The molecule has 0 radical (unpaired) electrons. The third-order valence-corrected chi connectivity index (χ3v) is 5.01. The average molecular weight is 370 g/mol. The Balaban J connectivity index is 1.97. The molecule has 1 aromatic heterocycles. The molecule has 0 bridgehead atoms. The Hall–Kier alpha value is -2.93. The lowest BCUT2D eigenvalue weighted by atomic mass is 10.00. The zero-order valence-electron chi connectivity index (χ0n) is 14.4. The molecule has 0 saturated heterocycles. The molecule has 1 heterocycles. The molecule has 0 aliphatic carbocycles. The third-order valence-electron chi connectivity index (χ3n) is 3.77. The minimum atomic E-state index is -3.79. The molecule has 26 heavy (non-hydrogen) atoms. The number of nitrogens with zero attached hydrogens (tertiary/aromatic N) is 2. The van der Waals surface area contributed by atoms with Gasteiger partial charge in [0, 0.05) is 5.56 Å². The molecule has 2 aromatic carbocycles. The molecular weight excluding hydrogens is 352 g/mol. The van der Waals surface area contributed by atoms with Crippen LogP contribution in [0.1, 0.15) is 12.7 Å². The van der Waals surface area contributed by atoms with Crippen LogP contribution in [0.4, 0.5) is 0 Å². The summed E-state index contributed by atoms with van der Waals surface area (Å²) in [5.41, 5.74) is 3.29. The second-order valence-corrected chi connectivity index (χ2v) is 7.13. The highest BCUT2D eigenvalue weighted by atomic mass is 32.2. The van der Waals surface area contributed by atoms with Crippen LogP contribution in [0.3, 0.4) is 0 Å². The van der Waals surface area contributed by atoms with Gasteiger partial charge in [0.15, 0.2) is 6.40 Å². The quantitative estimate of drug-likeness (QED) is 0.482. The van der Waals surface area contributed by atoms with Crippen molar-refractivity contribution in [3.8, 4) is 22.4 Å². The molecule has 0 unspecified atom stereocenters. The van der Waals surface area contributed by atoms with Crippen LogP contribution in [0.15, 0.2) is 68.4 Å². The van der Waals surface area contributed by atoms with Gasteiger partial charge in [0.2, 0.25) is 0 Å². The van der Waals surface area contributed by atoms with Gasteiger partial charge in [0.1, 0.15) is 11.5 Å². The number of sulfonamides is 1. The molecule has 0 N–H and O–H groups in total. The van der Waals surface area contributed by atoms with Crippen LogP contribution in [0.2, 0.25) is 0 Å². The first-order chi connectivity index (χ1) is 12.5. The standard InChI is InChI=1S/C19H18N2O4S/c1-3-24-13-20-26(22,23)17-11-9-15(10-12-17)18-14(2)25-21-19(18)16-7-5-4-6-8-16/h4-13H,3H2,1-2H3. The summed E-state index contributed by atoms with van der Waals surface area (Å²) in [5, 5.41) is 4.15. The first kappa shape index (κ1) is 17.9. The lowest BCUT2D eigenvalue weighted by Gasteiger charge is -2.05. The number of rotatable bonds is 6. The molecular formula is C19H18N2O4S. The van der Waals surface area contributed by atoms with E-state index in [1.165, 1.54) is 12.1 Å². The largest absolute Gasteiger partial charge is 0.483 e. The number of ether oxygens (including phenoxy) is 1. The van der Waals surface area contributed by atoms with Gasteiger partial charge in [0.25, 0.3) is 10.0 Å². The van der Waals surface area contributed by atoms with Gasteiger partial charge in [-0.3, -0.25) is 0 Å². The number of hydrogen-bond donors (Lipinski definition) is 0. The summed E-state index contributed by atoms with van der Waals surface area (Å²) in [6.07, 6.45) is 0.945. The maximum atomic E-state index is 12.2. The van der Waals surface area contributed by atoms with Crippen LogP contribution in [0.25, 0.3) is 22.4 Å². The van der Waals surface area contributed by atoms with Crippen molar-refractivity contribution in [3.05, 3.63) is 60.4 Å². The molecule has 0 amide bonds. The Bertz CT molecular complexity index is 1010. The zero-order chi connectivity index (χ0) is 18.6. The highest BCUT2D eigenvalue weighted by Crippen LogP contribution is 2.34. The Morgan fingerprint density at radius 2 is 1.77 bits per heavy atom. The van der Waals surface area contributed by atoms with Crippen LogP contribution >= 0.6 is 0 Å². The Morgan fingerprint density at radius 1 is 1.08 bits per heavy atom. The predicted octanol–water partition coefficient (Wildman–Crippen LogP) is 4.07. The van der Waals surface area contributed by atoms with Crippen LogP contribution in [-0.4, -0.2) is 26.6 Å². The summed E-state index contributed by atoms with van der Waals surface area (Å²) in [7, 11) is -3.79. The molecule has 7 heteroatoms. The predicted molar refractivity (Wildman–Crippen MR) is 99.4 cm³/mol. The van der Waals surface area contributed by atoms with Crippen molar-refractivity contribution in [3.63, 3.8) is 0 Å². The van der Waals surface area contributed by atoms with E-state index in [9.17, 15) is 8.42 Å². The second-order valence-electron chi connectivity index (χ2n) is 5.49. The van der Waals surface area contributed by atoms with Crippen molar-refractivity contribution in [2.75, 3.05) is 6.61 Å². The average Bonchev–Trinajstić information content (AvgIpc) is 3.04. The topological polar surface area (TPSA) is 81.8 Å². The SMILES string of the molecule is CCOC=NS(=O)(=O)c1ccc(-c2c(-c3ccccc3)noc2C)cc1. The van der Waals surface area contributed by atoms with Gasteiger partial charge in [-0.2, -0.15) is 8.42 Å². The molecule has 0 aliphatic heterocycles. The minimum Gasteiger partial charge on any atom is -0.483 e. The third kappa shape index (κ3) is 3.67. The summed E-state index contributed by atoms with van der Waals surface area (Å²) < 4.78 is 38.0. The van der Waals surface area contributed by atoms with Crippen molar-refractivity contribution in [1.82, 2.24) is 5.16 Å². The fourth-order valence-corrected chi connectivity index (χ4v) is 3.30. The second kappa shape index (κ2) is 7.53. The van der Waals surface area contributed by atoms with Crippen LogP contribution < -0.4 is 0 Å². The van der Waals surface area contributed by atoms with E-state index in [2.05, 4.69) is 9.55 Å². The normalized spacial score (nSPS) is 11.8. The first-order valence-corrected chi connectivity index (χ1v) is 9.49. The lowest BCUT2D eigenvalue weighted by Crippen LogP contribution is -1.98. The van der Waals surface area contributed by atoms with Crippen molar-refractivity contribution in [1.29, 1.82) is 0 Å². The van der Waals surface area contributed by atoms with E-state index in [0.29, 0.717) is 18.1 Å². The van der Waals surface area contributed by atoms with Crippen LogP contribution in [-0.2, 0) is 14.8 Å². The van der Waals surface area contributed by atoms with Gasteiger partial charge in [-0.25, -0.2) is 0 Å². The van der Waals surface area contributed by atoms with Crippen molar-refractivity contribution in [2.45, 2.75) is 18.7 Å². The van der Waals surface area contributed by atoms with Gasteiger partial charge in [-0.15, -0.1) is 4.40 Å². The highest BCUT2D eigenvalue weighted by molar-refractivity contribution is 7.90. The van der Waals surface area contributed by atoms with Crippen molar-refractivity contribution >= 4 is 16.4 Å². The summed E-state index contributed by atoms with van der Waals surface area (Å²) in [5.74, 6) is 0.661. The fraction of sp³-hybridized carbons (Fsp3) is 0.158. The van der Waals surface area contributed by atoms with E-state index in [0.717, 1.165) is 23.1 Å². The number of benzene rings is 2. The van der Waals surface area contributed by atoms with E-state index in [-0.39, 0.29) is 4.90 Å². The number of aromatic nitrogens is 1. The lowest BCUT2D eigenvalue weighted by molar-refractivity contribution is 0.344.